The molecular formula is C12H28N2. The molecular weight excluding hydrogens is 172 g/mol. The third-order valence-corrected chi connectivity index (χ3v) is 2.66. The topological polar surface area (TPSA) is 52.0 Å². The van der Waals surface area contributed by atoms with Gasteiger partial charge in [-0.1, -0.05) is 52.4 Å². The molecule has 0 aromatic heterocycles. The first kappa shape index (κ1) is 13.9. The zero-order valence-electron chi connectivity index (χ0n) is 9.97. The van der Waals surface area contributed by atoms with Crippen LogP contribution in [0.25, 0.3) is 0 Å². The van der Waals surface area contributed by atoms with E-state index in [-0.39, 0.29) is 6.04 Å². The summed E-state index contributed by atoms with van der Waals surface area (Å²) < 4.78 is 0. The Morgan fingerprint density at radius 1 is 0.857 bits per heavy atom. The van der Waals surface area contributed by atoms with E-state index in [0.717, 1.165) is 12.3 Å². The van der Waals surface area contributed by atoms with Crippen molar-refractivity contribution < 1.29 is 0 Å². The summed E-state index contributed by atoms with van der Waals surface area (Å²) >= 11 is 0. The second-order valence-corrected chi connectivity index (χ2v) is 4.73. The van der Waals surface area contributed by atoms with E-state index in [4.69, 9.17) is 11.5 Å². The summed E-state index contributed by atoms with van der Waals surface area (Å²) in [7, 11) is 0. The molecule has 0 rings (SSSR count). The van der Waals surface area contributed by atoms with E-state index in [1.807, 2.05) is 0 Å². The molecule has 2 nitrogen and oxygen atoms in total. The first-order valence-corrected chi connectivity index (χ1v) is 6.12. The van der Waals surface area contributed by atoms with Gasteiger partial charge in [0.15, 0.2) is 0 Å². The van der Waals surface area contributed by atoms with Crippen molar-refractivity contribution in [3.8, 4) is 0 Å². The van der Waals surface area contributed by atoms with Crippen LogP contribution in [0.5, 0.6) is 0 Å². The van der Waals surface area contributed by atoms with Gasteiger partial charge in [-0.2, -0.15) is 0 Å². The Hall–Kier alpha value is -0.0800. The lowest BCUT2D eigenvalue weighted by molar-refractivity contribution is 0.500. The van der Waals surface area contributed by atoms with Crippen LogP contribution in [-0.2, 0) is 0 Å². The summed E-state index contributed by atoms with van der Waals surface area (Å²) in [6.45, 7) is 5.22. The first-order chi connectivity index (χ1) is 6.66. The van der Waals surface area contributed by atoms with Gasteiger partial charge in [0.05, 0.1) is 0 Å². The molecule has 0 aliphatic carbocycles. The van der Waals surface area contributed by atoms with Crippen molar-refractivity contribution in [1.82, 2.24) is 0 Å². The lowest BCUT2D eigenvalue weighted by Crippen LogP contribution is -2.29. The molecule has 4 N–H and O–H groups in total. The number of unbranched alkanes of at least 4 members (excludes halogenated alkanes) is 4. The molecule has 0 aliphatic rings. The van der Waals surface area contributed by atoms with Crippen molar-refractivity contribution in [2.45, 2.75) is 64.8 Å². The Morgan fingerprint density at radius 3 is 1.86 bits per heavy atom. The summed E-state index contributed by atoms with van der Waals surface area (Å²) in [4.78, 5) is 0. The molecule has 0 amide bonds. The molecule has 1 atom stereocenters. The molecule has 0 radical (unpaired) electrons. The summed E-state index contributed by atoms with van der Waals surface area (Å²) in [5, 5.41) is 0. The molecule has 0 bridgehead atoms. The molecule has 14 heavy (non-hydrogen) atoms. The molecule has 0 aromatic rings. The van der Waals surface area contributed by atoms with Crippen molar-refractivity contribution in [3.63, 3.8) is 0 Å². The van der Waals surface area contributed by atoms with E-state index < -0.39 is 0 Å². The summed E-state index contributed by atoms with van der Waals surface area (Å²) in [5.74, 6) is 0.862. The Bertz CT molecular complexity index is 113. The number of nitrogens with two attached hydrogens (primary N) is 2. The lowest BCUT2D eigenvalue weighted by Gasteiger charge is -2.08. The highest BCUT2D eigenvalue weighted by Gasteiger charge is 1.98. The highest BCUT2D eigenvalue weighted by Crippen LogP contribution is 2.11. The number of rotatable bonds is 9. The van der Waals surface area contributed by atoms with Gasteiger partial charge in [-0.15, -0.1) is 0 Å². The Kier molecular flexibility index (Phi) is 9.42. The molecule has 0 fully saturated rings. The van der Waals surface area contributed by atoms with E-state index in [1.165, 1.54) is 38.5 Å². The van der Waals surface area contributed by atoms with E-state index in [2.05, 4.69) is 13.8 Å². The lowest BCUT2D eigenvalue weighted by atomic mass is 10.0. The fourth-order valence-corrected chi connectivity index (χ4v) is 1.61. The van der Waals surface area contributed by atoms with E-state index >= 15 is 0 Å². The van der Waals surface area contributed by atoms with Gasteiger partial charge in [0, 0.05) is 12.6 Å². The van der Waals surface area contributed by atoms with Gasteiger partial charge in [-0.3, -0.25) is 0 Å². The first-order valence-electron chi connectivity index (χ1n) is 6.12. The number of hydrogen-bond donors (Lipinski definition) is 2. The maximum absolute atomic E-state index is 5.73. The monoisotopic (exact) mass is 200 g/mol. The van der Waals surface area contributed by atoms with Crippen LogP contribution in [0.4, 0.5) is 0 Å². The zero-order chi connectivity index (χ0) is 10.8. The predicted octanol–water partition coefficient (Wildman–Crippen LogP) is 2.66. The quantitative estimate of drug-likeness (QED) is 0.562. The van der Waals surface area contributed by atoms with Gasteiger partial charge in [-0.05, 0) is 12.3 Å². The van der Waals surface area contributed by atoms with Crippen molar-refractivity contribution in [3.05, 3.63) is 0 Å². The number of hydrogen-bond acceptors (Lipinski definition) is 2. The van der Waals surface area contributed by atoms with Crippen LogP contribution in [0.1, 0.15) is 58.8 Å². The van der Waals surface area contributed by atoms with Crippen LogP contribution in [0.3, 0.4) is 0 Å². The van der Waals surface area contributed by atoms with E-state index in [9.17, 15) is 0 Å². The Morgan fingerprint density at radius 2 is 1.36 bits per heavy atom. The molecule has 0 saturated carbocycles. The summed E-state index contributed by atoms with van der Waals surface area (Å²) in [6.07, 6.45) is 9.19. The molecule has 0 aliphatic heterocycles. The van der Waals surface area contributed by atoms with Gasteiger partial charge >= 0.3 is 0 Å². The van der Waals surface area contributed by atoms with Gasteiger partial charge in [0.2, 0.25) is 0 Å². The van der Waals surface area contributed by atoms with Gasteiger partial charge in [-0.25, -0.2) is 0 Å². The summed E-state index contributed by atoms with van der Waals surface area (Å²) in [6, 6.07) is 0.227. The molecule has 0 heterocycles. The maximum atomic E-state index is 5.73. The van der Waals surface area contributed by atoms with Crippen molar-refractivity contribution in [2.75, 3.05) is 6.54 Å². The average Bonchev–Trinajstić information content (AvgIpc) is 2.15. The van der Waals surface area contributed by atoms with Gasteiger partial charge < -0.3 is 11.5 Å². The maximum Gasteiger partial charge on any atom is 0.0163 e. The molecule has 0 aromatic carbocycles. The second-order valence-electron chi connectivity index (χ2n) is 4.73. The third-order valence-electron chi connectivity index (χ3n) is 2.66. The minimum absolute atomic E-state index is 0.227. The van der Waals surface area contributed by atoms with Gasteiger partial charge in [0.1, 0.15) is 0 Å². The van der Waals surface area contributed by atoms with Crippen LogP contribution >= 0.6 is 0 Å². The fourth-order valence-electron chi connectivity index (χ4n) is 1.61. The zero-order valence-corrected chi connectivity index (χ0v) is 9.97. The molecule has 1 unspecified atom stereocenters. The SMILES string of the molecule is CC(C)CCCCCCCC(N)CN. The molecule has 0 saturated heterocycles. The van der Waals surface area contributed by atoms with E-state index in [1.54, 1.807) is 0 Å². The van der Waals surface area contributed by atoms with Crippen LogP contribution in [0.2, 0.25) is 0 Å². The fraction of sp³-hybridized carbons (Fsp3) is 1.00. The Balaban J connectivity index is 2.99. The highest BCUT2D eigenvalue weighted by atomic mass is 14.7. The van der Waals surface area contributed by atoms with Gasteiger partial charge in [0.25, 0.3) is 0 Å². The highest BCUT2D eigenvalue weighted by molar-refractivity contribution is 4.61. The molecule has 2 heteroatoms. The van der Waals surface area contributed by atoms with Crippen molar-refractivity contribution in [2.24, 2.45) is 17.4 Å². The van der Waals surface area contributed by atoms with Crippen LogP contribution in [-0.4, -0.2) is 12.6 Å². The van der Waals surface area contributed by atoms with Crippen molar-refractivity contribution >= 4 is 0 Å². The molecule has 86 valence electrons. The van der Waals surface area contributed by atoms with E-state index in [0.29, 0.717) is 6.54 Å². The molecule has 0 spiro atoms. The third kappa shape index (κ3) is 10.0. The standard InChI is InChI=1S/C12H28N2/c1-11(2)8-6-4-3-5-7-9-12(14)10-13/h11-12H,3-10,13-14H2,1-2H3. The van der Waals surface area contributed by atoms with Crippen molar-refractivity contribution in [1.29, 1.82) is 0 Å². The largest absolute Gasteiger partial charge is 0.329 e. The second kappa shape index (κ2) is 9.47. The average molecular weight is 200 g/mol. The van der Waals surface area contributed by atoms with Crippen LogP contribution in [0.15, 0.2) is 0 Å². The van der Waals surface area contributed by atoms with Crippen LogP contribution < -0.4 is 11.5 Å². The minimum Gasteiger partial charge on any atom is -0.329 e. The predicted molar refractivity (Wildman–Crippen MR) is 64.2 cm³/mol. The summed E-state index contributed by atoms with van der Waals surface area (Å²) in [5.41, 5.74) is 11.2. The minimum atomic E-state index is 0.227. The Labute approximate surface area is 89.4 Å². The normalized spacial score (nSPS) is 13.5. The van der Waals surface area contributed by atoms with Crippen LogP contribution in [0, 0.1) is 5.92 Å². The smallest absolute Gasteiger partial charge is 0.0163 e.